The lowest BCUT2D eigenvalue weighted by Crippen LogP contribution is -2.31. The molecule has 2 rings (SSSR count). The summed E-state index contributed by atoms with van der Waals surface area (Å²) in [7, 11) is 0. The van der Waals surface area contributed by atoms with Gasteiger partial charge in [-0.25, -0.2) is 4.98 Å². The zero-order valence-electron chi connectivity index (χ0n) is 11.8. The second-order valence-electron chi connectivity index (χ2n) is 6.82. The fourth-order valence-corrected chi connectivity index (χ4v) is 3.81. The van der Waals surface area contributed by atoms with Gasteiger partial charge in [0.1, 0.15) is 0 Å². The molecule has 3 heteroatoms. The van der Waals surface area contributed by atoms with Crippen LogP contribution in [0.2, 0.25) is 0 Å². The van der Waals surface area contributed by atoms with Crippen LogP contribution in [0.1, 0.15) is 57.9 Å². The summed E-state index contributed by atoms with van der Waals surface area (Å²) in [4.78, 5) is 4.31. The van der Waals surface area contributed by atoms with Gasteiger partial charge < -0.3 is 5.11 Å². The van der Waals surface area contributed by atoms with Gasteiger partial charge in [0.15, 0.2) is 0 Å². The third-order valence-electron chi connectivity index (χ3n) is 4.34. The van der Waals surface area contributed by atoms with Crippen molar-refractivity contribution in [2.45, 2.75) is 64.9 Å². The topological polar surface area (TPSA) is 33.1 Å². The molecular weight excluding hydrogens is 242 g/mol. The van der Waals surface area contributed by atoms with Crippen molar-refractivity contribution < 1.29 is 5.11 Å². The Morgan fingerprint density at radius 3 is 2.78 bits per heavy atom. The molecule has 1 fully saturated rings. The van der Waals surface area contributed by atoms with E-state index >= 15 is 0 Å². The van der Waals surface area contributed by atoms with Gasteiger partial charge in [-0.3, -0.25) is 0 Å². The van der Waals surface area contributed by atoms with Gasteiger partial charge in [0, 0.05) is 18.0 Å². The van der Waals surface area contributed by atoms with Gasteiger partial charge in [-0.1, -0.05) is 27.2 Å². The average Bonchev–Trinajstić information content (AvgIpc) is 2.65. The van der Waals surface area contributed by atoms with Crippen LogP contribution in [-0.4, -0.2) is 15.7 Å². The second-order valence-corrected chi connectivity index (χ2v) is 7.80. The van der Waals surface area contributed by atoms with Gasteiger partial charge in [-0.05, 0) is 37.0 Å². The molecule has 0 radical (unpaired) electrons. The molecule has 0 bridgehead atoms. The summed E-state index contributed by atoms with van der Waals surface area (Å²) in [5.74, 6) is 0.739. The van der Waals surface area contributed by atoms with Gasteiger partial charge >= 0.3 is 0 Å². The van der Waals surface area contributed by atoms with Crippen molar-refractivity contribution in [3.63, 3.8) is 0 Å². The number of nitrogens with zero attached hydrogens (tertiary/aromatic N) is 1. The Morgan fingerprint density at radius 2 is 2.17 bits per heavy atom. The SMILES string of the molecule is CC(C)(C)C1CCCC(O)(Cc2nccs2)CC1. The van der Waals surface area contributed by atoms with Crippen molar-refractivity contribution in [2.75, 3.05) is 0 Å². The highest BCUT2D eigenvalue weighted by atomic mass is 32.1. The van der Waals surface area contributed by atoms with Crippen LogP contribution < -0.4 is 0 Å². The molecule has 1 aliphatic carbocycles. The second kappa shape index (κ2) is 5.30. The van der Waals surface area contributed by atoms with Crippen molar-refractivity contribution in [3.05, 3.63) is 16.6 Å². The molecular formula is C15H25NOS. The quantitative estimate of drug-likeness (QED) is 0.820. The Labute approximate surface area is 114 Å². The molecule has 1 aromatic rings. The Kier molecular flexibility index (Phi) is 4.12. The first kappa shape index (κ1) is 14.0. The number of hydrogen-bond acceptors (Lipinski definition) is 3. The molecule has 1 N–H and O–H groups in total. The monoisotopic (exact) mass is 267 g/mol. The van der Waals surface area contributed by atoms with Crippen molar-refractivity contribution >= 4 is 11.3 Å². The van der Waals surface area contributed by atoms with Gasteiger partial charge in [-0.2, -0.15) is 0 Å². The normalized spacial score (nSPS) is 30.1. The third-order valence-corrected chi connectivity index (χ3v) is 5.12. The summed E-state index contributed by atoms with van der Waals surface area (Å²) in [6, 6.07) is 0. The van der Waals surface area contributed by atoms with Crippen LogP contribution in [0, 0.1) is 11.3 Å². The molecule has 0 saturated heterocycles. The van der Waals surface area contributed by atoms with E-state index in [1.54, 1.807) is 11.3 Å². The van der Waals surface area contributed by atoms with E-state index in [1.165, 1.54) is 6.42 Å². The van der Waals surface area contributed by atoms with E-state index in [4.69, 9.17) is 0 Å². The van der Waals surface area contributed by atoms with Crippen LogP contribution in [0.3, 0.4) is 0 Å². The molecule has 1 aromatic heterocycles. The maximum atomic E-state index is 10.8. The Morgan fingerprint density at radius 1 is 1.39 bits per heavy atom. The highest BCUT2D eigenvalue weighted by Gasteiger charge is 2.35. The maximum Gasteiger partial charge on any atom is 0.0953 e. The fourth-order valence-electron chi connectivity index (χ4n) is 3.05. The highest BCUT2D eigenvalue weighted by molar-refractivity contribution is 7.09. The summed E-state index contributed by atoms with van der Waals surface area (Å²) < 4.78 is 0. The molecule has 0 aliphatic heterocycles. The van der Waals surface area contributed by atoms with E-state index < -0.39 is 5.60 Å². The Bertz CT molecular complexity index is 368. The molecule has 2 nitrogen and oxygen atoms in total. The number of aromatic nitrogens is 1. The van der Waals surface area contributed by atoms with Crippen LogP contribution in [0.25, 0.3) is 0 Å². The minimum absolute atomic E-state index is 0.367. The van der Waals surface area contributed by atoms with Crippen LogP contribution in [-0.2, 0) is 6.42 Å². The van der Waals surface area contributed by atoms with Crippen molar-refractivity contribution in [2.24, 2.45) is 11.3 Å². The molecule has 0 amide bonds. The number of rotatable bonds is 2. The molecule has 2 atom stereocenters. The lowest BCUT2D eigenvalue weighted by molar-refractivity contribution is 0.0225. The van der Waals surface area contributed by atoms with Gasteiger partial charge in [-0.15, -0.1) is 11.3 Å². The summed E-state index contributed by atoms with van der Waals surface area (Å²) in [5.41, 5.74) is -0.149. The molecule has 102 valence electrons. The first-order valence-electron chi connectivity index (χ1n) is 7.00. The van der Waals surface area contributed by atoms with E-state index in [0.29, 0.717) is 5.41 Å². The van der Waals surface area contributed by atoms with Gasteiger partial charge in [0.05, 0.1) is 10.6 Å². The van der Waals surface area contributed by atoms with Crippen molar-refractivity contribution in [1.82, 2.24) is 4.98 Å². The molecule has 0 spiro atoms. The highest BCUT2D eigenvalue weighted by Crippen LogP contribution is 2.40. The molecule has 1 heterocycles. The van der Waals surface area contributed by atoms with Gasteiger partial charge in [0.2, 0.25) is 0 Å². The molecule has 1 saturated carbocycles. The van der Waals surface area contributed by atoms with Crippen molar-refractivity contribution in [1.29, 1.82) is 0 Å². The summed E-state index contributed by atoms with van der Waals surface area (Å²) >= 11 is 1.66. The first-order chi connectivity index (χ1) is 8.39. The standard InChI is InChI=1S/C15H25NOS/c1-14(2,3)12-5-4-7-15(17,8-6-12)11-13-16-9-10-18-13/h9-10,12,17H,4-8,11H2,1-3H3. The lowest BCUT2D eigenvalue weighted by Gasteiger charge is -2.30. The Balaban J connectivity index is 1.99. The molecule has 18 heavy (non-hydrogen) atoms. The third kappa shape index (κ3) is 3.55. The van der Waals surface area contributed by atoms with E-state index in [9.17, 15) is 5.11 Å². The van der Waals surface area contributed by atoms with E-state index in [1.807, 2.05) is 11.6 Å². The largest absolute Gasteiger partial charge is 0.389 e. The number of hydrogen-bond donors (Lipinski definition) is 1. The fraction of sp³-hybridized carbons (Fsp3) is 0.800. The molecule has 0 aromatic carbocycles. The van der Waals surface area contributed by atoms with Crippen LogP contribution in [0.15, 0.2) is 11.6 Å². The van der Waals surface area contributed by atoms with Gasteiger partial charge in [0.25, 0.3) is 0 Å². The van der Waals surface area contributed by atoms with E-state index in [0.717, 1.165) is 43.0 Å². The van der Waals surface area contributed by atoms with Crippen LogP contribution >= 0.6 is 11.3 Å². The van der Waals surface area contributed by atoms with Crippen LogP contribution in [0.4, 0.5) is 0 Å². The molecule has 2 unspecified atom stereocenters. The summed E-state index contributed by atoms with van der Waals surface area (Å²) in [6.07, 6.45) is 7.96. The first-order valence-corrected chi connectivity index (χ1v) is 7.88. The van der Waals surface area contributed by atoms with Crippen molar-refractivity contribution in [3.8, 4) is 0 Å². The van der Waals surface area contributed by atoms with E-state index in [2.05, 4.69) is 25.8 Å². The maximum absolute atomic E-state index is 10.8. The van der Waals surface area contributed by atoms with E-state index in [-0.39, 0.29) is 0 Å². The predicted molar refractivity (Wildman–Crippen MR) is 76.8 cm³/mol. The average molecular weight is 267 g/mol. The smallest absolute Gasteiger partial charge is 0.0953 e. The summed E-state index contributed by atoms with van der Waals surface area (Å²) in [5, 5.41) is 13.8. The summed E-state index contributed by atoms with van der Waals surface area (Å²) in [6.45, 7) is 6.97. The van der Waals surface area contributed by atoms with Crippen LogP contribution in [0.5, 0.6) is 0 Å². The minimum atomic E-state index is -0.516. The zero-order chi connectivity index (χ0) is 13.2. The predicted octanol–water partition coefficient (Wildman–Crippen LogP) is 4.04. The number of aliphatic hydroxyl groups is 1. The number of thiazole rings is 1. The zero-order valence-corrected chi connectivity index (χ0v) is 12.6. The molecule has 1 aliphatic rings. The Hall–Kier alpha value is -0.410. The lowest BCUT2D eigenvalue weighted by atomic mass is 9.76. The minimum Gasteiger partial charge on any atom is -0.389 e.